The Labute approximate surface area is 142 Å². The van der Waals surface area contributed by atoms with Crippen molar-refractivity contribution < 1.29 is 14.3 Å². The number of Topliss-reactive ketones (excluding diaryl/α,β-unsaturated/α-hetero) is 1. The predicted molar refractivity (Wildman–Crippen MR) is 94.7 cm³/mol. The van der Waals surface area contributed by atoms with Gasteiger partial charge in [0.25, 0.3) is 0 Å². The zero-order valence-corrected chi connectivity index (χ0v) is 14.4. The molecule has 0 atom stereocenters. The summed E-state index contributed by atoms with van der Waals surface area (Å²) in [7, 11) is 0. The summed E-state index contributed by atoms with van der Waals surface area (Å²) in [6, 6.07) is 10.4. The molecule has 5 heteroatoms. The van der Waals surface area contributed by atoms with Gasteiger partial charge in [0.15, 0.2) is 12.5 Å². The van der Waals surface area contributed by atoms with Crippen molar-refractivity contribution in [2.24, 2.45) is 0 Å². The minimum absolute atomic E-state index is 0.0483. The van der Waals surface area contributed by atoms with Gasteiger partial charge in [0.2, 0.25) is 0 Å². The number of hydrogen-bond acceptors (Lipinski definition) is 3. The van der Waals surface area contributed by atoms with Crippen LogP contribution in [0, 0.1) is 20.8 Å². The van der Waals surface area contributed by atoms with Crippen LogP contribution in [0.25, 0.3) is 0 Å². The van der Waals surface area contributed by atoms with E-state index in [-0.39, 0.29) is 12.5 Å². The highest BCUT2D eigenvalue weighted by atomic mass is 16.5. The Balaban J connectivity index is 1.91. The Morgan fingerprint density at radius 1 is 1.04 bits per heavy atom. The molecule has 2 aromatic rings. The molecule has 2 N–H and O–H groups in total. The van der Waals surface area contributed by atoms with Gasteiger partial charge in [-0.1, -0.05) is 24.3 Å². The van der Waals surface area contributed by atoms with Crippen LogP contribution in [0.4, 0.5) is 10.5 Å². The first-order valence-corrected chi connectivity index (χ1v) is 7.74. The van der Waals surface area contributed by atoms with E-state index in [1.165, 1.54) is 6.92 Å². The molecule has 0 aliphatic carbocycles. The number of nitrogens with one attached hydrogen (secondary N) is 2. The van der Waals surface area contributed by atoms with Gasteiger partial charge in [0.1, 0.15) is 5.75 Å². The largest absolute Gasteiger partial charge is 0.473 e. The van der Waals surface area contributed by atoms with Crippen LogP contribution in [0.15, 0.2) is 36.4 Å². The van der Waals surface area contributed by atoms with Crippen LogP contribution >= 0.6 is 0 Å². The van der Waals surface area contributed by atoms with Gasteiger partial charge in [-0.2, -0.15) is 0 Å². The van der Waals surface area contributed by atoms with Gasteiger partial charge in [0.05, 0.1) is 0 Å². The number of urea groups is 1. The van der Waals surface area contributed by atoms with E-state index in [0.29, 0.717) is 11.3 Å². The number of benzene rings is 2. The molecule has 2 aromatic carbocycles. The summed E-state index contributed by atoms with van der Waals surface area (Å²) in [5, 5.41) is 5.33. The molecular formula is C19H22N2O3. The van der Waals surface area contributed by atoms with Crippen molar-refractivity contribution in [3.8, 4) is 5.75 Å². The summed E-state index contributed by atoms with van der Waals surface area (Å²) in [5.74, 6) is 0.738. The topological polar surface area (TPSA) is 67.4 Å². The minimum atomic E-state index is -0.390. The molecule has 0 unspecified atom stereocenters. The Bertz CT molecular complexity index is 769. The van der Waals surface area contributed by atoms with Crippen molar-refractivity contribution in [3.05, 3.63) is 58.7 Å². The van der Waals surface area contributed by atoms with Crippen molar-refractivity contribution >= 4 is 17.5 Å². The average molecular weight is 326 g/mol. The van der Waals surface area contributed by atoms with Crippen molar-refractivity contribution in [1.29, 1.82) is 0 Å². The molecular weight excluding hydrogens is 304 g/mol. The second-order valence-corrected chi connectivity index (χ2v) is 5.71. The number of hydrogen-bond donors (Lipinski definition) is 2. The van der Waals surface area contributed by atoms with Crippen molar-refractivity contribution in [3.63, 3.8) is 0 Å². The molecule has 0 aliphatic heterocycles. The lowest BCUT2D eigenvalue weighted by Crippen LogP contribution is -2.32. The number of carbonyl (C=O) groups excluding carboxylic acids is 2. The molecule has 2 rings (SSSR count). The lowest BCUT2D eigenvalue weighted by atomic mass is 10.1. The first-order valence-electron chi connectivity index (χ1n) is 7.74. The van der Waals surface area contributed by atoms with E-state index in [0.717, 1.165) is 22.4 Å². The quantitative estimate of drug-likeness (QED) is 0.645. The van der Waals surface area contributed by atoms with Gasteiger partial charge >= 0.3 is 6.03 Å². The maximum atomic E-state index is 11.9. The number of ketones is 1. The maximum absolute atomic E-state index is 11.9. The first-order chi connectivity index (χ1) is 11.4. The van der Waals surface area contributed by atoms with Gasteiger partial charge in [-0.15, -0.1) is 0 Å². The fraction of sp³-hybridized carbons (Fsp3) is 0.263. The molecule has 0 saturated heterocycles. The van der Waals surface area contributed by atoms with E-state index in [2.05, 4.69) is 10.6 Å². The van der Waals surface area contributed by atoms with Gasteiger partial charge < -0.3 is 15.4 Å². The summed E-state index contributed by atoms with van der Waals surface area (Å²) in [6.45, 7) is 7.52. The standard InChI is InChI=1S/C19H22N2O3/c1-12-8-9-13(2)18(14(12)3)24-11-20-19(23)21-17-7-5-6-16(10-17)15(4)22/h5-10H,11H2,1-4H3,(H2,20,21,23). The highest BCUT2D eigenvalue weighted by molar-refractivity contribution is 5.96. The molecule has 126 valence electrons. The van der Waals surface area contributed by atoms with Crippen molar-refractivity contribution in [2.45, 2.75) is 27.7 Å². The lowest BCUT2D eigenvalue weighted by Gasteiger charge is -2.15. The van der Waals surface area contributed by atoms with E-state index in [4.69, 9.17) is 4.74 Å². The van der Waals surface area contributed by atoms with E-state index >= 15 is 0 Å². The fourth-order valence-electron chi connectivity index (χ4n) is 2.31. The van der Waals surface area contributed by atoms with Gasteiger partial charge in [-0.3, -0.25) is 4.79 Å². The number of anilines is 1. The molecule has 0 fully saturated rings. The Kier molecular flexibility index (Phi) is 5.58. The van der Waals surface area contributed by atoms with E-state index in [9.17, 15) is 9.59 Å². The average Bonchev–Trinajstić information content (AvgIpc) is 2.54. The van der Waals surface area contributed by atoms with Crippen molar-refractivity contribution in [2.75, 3.05) is 12.0 Å². The van der Waals surface area contributed by atoms with Crippen LogP contribution in [0.2, 0.25) is 0 Å². The van der Waals surface area contributed by atoms with Crippen LogP contribution in [0.1, 0.15) is 34.0 Å². The number of carbonyl (C=O) groups is 2. The lowest BCUT2D eigenvalue weighted by molar-refractivity contribution is 0.101. The SMILES string of the molecule is CC(=O)c1cccc(NC(=O)NCOc2c(C)ccc(C)c2C)c1. The summed E-state index contributed by atoms with van der Waals surface area (Å²) in [6.07, 6.45) is 0. The maximum Gasteiger partial charge on any atom is 0.321 e. The highest BCUT2D eigenvalue weighted by Gasteiger charge is 2.08. The number of ether oxygens (including phenoxy) is 1. The Morgan fingerprint density at radius 3 is 2.46 bits per heavy atom. The molecule has 24 heavy (non-hydrogen) atoms. The van der Waals surface area contributed by atoms with Crippen LogP contribution in [-0.2, 0) is 0 Å². The first kappa shape index (κ1) is 17.5. The van der Waals surface area contributed by atoms with Crippen LogP contribution < -0.4 is 15.4 Å². The smallest absolute Gasteiger partial charge is 0.321 e. The monoisotopic (exact) mass is 326 g/mol. The van der Waals surface area contributed by atoms with Gasteiger partial charge in [-0.05, 0) is 56.5 Å². The second kappa shape index (κ2) is 7.64. The van der Waals surface area contributed by atoms with Crippen LogP contribution in [0.5, 0.6) is 5.75 Å². The Morgan fingerprint density at radius 2 is 1.75 bits per heavy atom. The molecule has 0 aromatic heterocycles. The molecule has 0 aliphatic rings. The number of aryl methyl sites for hydroxylation is 2. The highest BCUT2D eigenvalue weighted by Crippen LogP contribution is 2.25. The summed E-state index contributed by atoms with van der Waals surface area (Å²) in [5.41, 5.74) is 4.33. The zero-order valence-electron chi connectivity index (χ0n) is 14.4. The number of rotatable bonds is 5. The third-order valence-corrected chi connectivity index (χ3v) is 3.85. The third-order valence-electron chi connectivity index (χ3n) is 3.85. The second-order valence-electron chi connectivity index (χ2n) is 5.71. The van der Waals surface area contributed by atoms with E-state index in [1.54, 1.807) is 24.3 Å². The molecule has 0 heterocycles. The predicted octanol–water partition coefficient (Wildman–Crippen LogP) is 3.97. The molecule has 0 bridgehead atoms. The minimum Gasteiger partial charge on any atom is -0.473 e. The molecule has 0 saturated carbocycles. The molecule has 0 spiro atoms. The molecule has 5 nitrogen and oxygen atoms in total. The third kappa shape index (κ3) is 4.35. The molecule has 2 amide bonds. The van der Waals surface area contributed by atoms with E-state index in [1.807, 2.05) is 32.9 Å². The summed E-state index contributed by atoms with van der Waals surface area (Å²) >= 11 is 0. The zero-order chi connectivity index (χ0) is 17.7. The van der Waals surface area contributed by atoms with Gasteiger partial charge in [0, 0.05) is 11.3 Å². The van der Waals surface area contributed by atoms with Crippen molar-refractivity contribution in [1.82, 2.24) is 5.32 Å². The Hall–Kier alpha value is -2.82. The number of amides is 2. The normalized spacial score (nSPS) is 10.2. The summed E-state index contributed by atoms with van der Waals surface area (Å²) < 4.78 is 5.69. The fourth-order valence-corrected chi connectivity index (χ4v) is 2.31. The summed E-state index contributed by atoms with van der Waals surface area (Å²) in [4.78, 5) is 23.3. The van der Waals surface area contributed by atoms with Gasteiger partial charge in [-0.25, -0.2) is 4.79 Å². The molecule has 0 radical (unpaired) electrons. The van der Waals surface area contributed by atoms with Crippen LogP contribution in [0.3, 0.4) is 0 Å². The van der Waals surface area contributed by atoms with Crippen LogP contribution in [-0.4, -0.2) is 18.5 Å². The van der Waals surface area contributed by atoms with E-state index < -0.39 is 6.03 Å².